The summed E-state index contributed by atoms with van der Waals surface area (Å²) in [7, 11) is 0. The first kappa shape index (κ1) is 19.9. The van der Waals surface area contributed by atoms with Crippen LogP contribution in [0, 0.1) is 11.6 Å². The number of nitrogens with zero attached hydrogens (tertiary/aromatic N) is 4. The molecule has 7 nitrogen and oxygen atoms in total. The van der Waals surface area contributed by atoms with E-state index in [0.29, 0.717) is 19.2 Å². The van der Waals surface area contributed by atoms with Gasteiger partial charge < -0.3 is 10.2 Å². The summed E-state index contributed by atoms with van der Waals surface area (Å²) in [6.45, 7) is 1.29. The number of carbonyl (C=O) groups is 2. The number of halogens is 2. The molecule has 1 saturated heterocycles. The van der Waals surface area contributed by atoms with Gasteiger partial charge in [-0.05, 0) is 37.1 Å². The number of likely N-dealkylation sites (tertiary alicyclic amines) is 1. The van der Waals surface area contributed by atoms with E-state index in [9.17, 15) is 18.4 Å². The molecule has 0 unspecified atom stereocenters. The van der Waals surface area contributed by atoms with Crippen LogP contribution in [0.25, 0.3) is 5.65 Å². The Morgan fingerprint density at radius 2 is 1.90 bits per heavy atom. The molecule has 9 heteroatoms. The van der Waals surface area contributed by atoms with Gasteiger partial charge in [-0.25, -0.2) is 8.78 Å². The lowest BCUT2D eigenvalue weighted by Gasteiger charge is -2.31. The Morgan fingerprint density at radius 1 is 1.10 bits per heavy atom. The molecule has 1 fully saturated rings. The summed E-state index contributed by atoms with van der Waals surface area (Å²) < 4.78 is 28.6. The number of benzene rings is 1. The van der Waals surface area contributed by atoms with Crippen LogP contribution >= 0.6 is 0 Å². The van der Waals surface area contributed by atoms with Gasteiger partial charge >= 0.3 is 0 Å². The molecule has 0 saturated carbocycles. The molecule has 0 aliphatic carbocycles. The van der Waals surface area contributed by atoms with Gasteiger partial charge in [-0.1, -0.05) is 6.07 Å². The smallest absolute Gasteiger partial charge is 0.254 e. The molecular weight excluding hydrogens is 392 g/mol. The minimum atomic E-state index is -0.929. The van der Waals surface area contributed by atoms with E-state index in [-0.39, 0.29) is 30.4 Å². The zero-order valence-electron chi connectivity index (χ0n) is 16.2. The molecule has 4 rings (SSSR count). The van der Waals surface area contributed by atoms with Crippen molar-refractivity contribution < 1.29 is 18.4 Å². The molecule has 2 aromatic heterocycles. The lowest BCUT2D eigenvalue weighted by Crippen LogP contribution is -2.40. The van der Waals surface area contributed by atoms with Crippen LogP contribution in [-0.4, -0.2) is 50.9 Å². The predicted octanol–water partition coefficient (Wildman–Crippen LogP) is 2.53. The van der Waals surface area contributed by atoms with Crippen molar-refractivity contribution in [3.05, 3.63) is 65.6 Å². The Hall–Kier alpha value is -3.36. The lowest BCUT2D eigenvalue weighted by molar-refractivity contribution is -0.132. The molecule has 0 radical (unpaired) electrons. The quantitative estimate of drug-likeness (QED) is 0.697. The maximum absolute atomic E-state index is 13.6. The zero-order chi connectivity index (χ0) is 21.1. The summed E-state index contributed by atoms with van der Waals surface area (Å²) in [6, 6.07) is 8.51. The van der Waals surface area contributed by atoms with Crippen LogP contribution in [0.4, 0.5) is 8.78 Å². The number of hydrogen-bond acceptors (Lipinski definition) is 4. The van der Waals surface area contributed by atoms with E-state index in [1.165, 1.54) is 0 Å². The monoisotopic (exact) mass is 413 g/mol. The number of hydrogen-bond donors (Lipinski definition) is 1. The fourth-order valence-corrected chi connectivity index (χ4v) is 3.74. The third kappa shape index (κ3) is 4.14. The van der Waals surface area contributed by atoms with Crippen LogP contribution in [0.2, 0.25) is 0 Å². The van der Waals surface area contributed by atoms with Gasteiger partial charge in [0.05, 0.1) is 5.56 Å². The van der Waals surface area contributed by atoms with Gasteiger partial charge in [0.25, 0.3) is 5.91 Å². The molecule has 2 amide bonds. The summed E-state index contributed by atoms with van der Waals surface area (Å²) in [5, 5.41) is 11.0. The third-order valence-electron chi connectivity index (χ3n) is 5.35. The molecule has 1 aliphatic rings. The number of piperidine rings is 1. The van der Waals surface area contributed by atoms with Crippen LogP contribution < -0.4 is 5.32 Å². The second-order valence-electron chi connectivity index (χ2n) is 7.27. The normalized spacial score (nSPS) is 14.8. The van der Waals surface area contributed by atoms with E-state index in [2.05, 4.69) is 15.5 Å². The van der Waals surface area contributed by atoms with E-state index < -0.39 is 17.5 Å². The summed E-state index contributed by atoms with van der Waals surface area (Å²) in [5.41, 5.74) is 0.560. The highest BCUT2D eigenvalue weighted by atomic mass is 19.1. The number of amides is 2. The van der Waals surface area contributed by atoms with Crippen molar-refractivity contribution in [1.29, 1.82) is 0 Å². The summed E-state index contributed by atoms with van der Waals surface area (Å²) in [6.07, 6.45) is 3.63. The SMILES string of the molecule is O=C(NCCC(=O)N1CCC(c2nnc3ccccn23)CC1)c1ccc(F)cc1F. The molecule has 3 aromatic rings. The fourth-order valence-electron chi connectivity index (χ4n) is 3.74. The van der Waals surface area contributed by atoms with E-state index in [1.807, 2.05) is 28.8 Å². The number of aromatic nitrogens is 3. The highest BCUT2D eigenvalue weighted by Crippen LogP contribution is 2.27. The van der Waals surface area contributed by atoms with Gasteiger partial charge in [-0.2, -0.15) is 0 Å². The standard InChI is InChI=1S/C21H21F2N5O2/c22-15-4-5-16(17(23)13-15)21(30)24-9-6-19(29)27-11-7-14(8-12-27)20-26-25-18-3-1-2-10-28(18)20/h1-5,10,13-14H,6-9,11-12H2,(H,24,30). The lowest BCUT2D eigenvalue weighted by atomic mass is 9.95. The Kier molecular flexibility index (Phi) is 5.69. The van der Waals surface area contributed by atoms with Crippen LogP contribution in [-0.2, 0) is 4.79 Å². The van der Waals surface area contributed by atoms with Crippen LogP contribution in [0.15, 0.2) is 42.6 Å². The first-order valence-corrected chi connectivity index (χ1v) is 9.83. The first-order chi connectivity index (χ1) is 14.5. The fraction of sp³-hybridized carbons (Fsp3) is 0.333. The molecule has 3 heterocycles. The minimum absolute atomic E-state index is 0.0700. The molecule has 0 atom stereocenters. The van der Waals surface area contributed by atoms with Crippen LogP contribution in [0.3, 0.4) is 0 Å². The van der Waals surface area contributed by atoms with Crippen molar-refractivity contribution in [2.24, 2.45) is 0 Å². The summed E-state index contributed by atoms with van der Waals surface area (Å²) >= 11 is 0. The van der Waals surface area contributed by atoms with E-state index in [1.54, 1.807) is 4.90 Å². The van der Waals surface area contributed by atoms with Crippen molar-refractivity contribution in [1.82, 2.24) is 24.8 Å². The molecule has 0 bridgehead atoms. The average Bonchev–Trinajstić information content (AvgIpc) is 3.18. The molecule has 0 spiro atoms. The van der Waals surface area contributed by atoms with Crippen molar-refractivity contribution in [3.8, 4) is 0 Å². The van der Waals surface area contributed by atoms with Gasteiger partial charge in [-0.15, -0.1) is 10.2 Å². The van der Waals surface area contributed by atoms with E-state index in [4.69, 9.17) is 0 Å². The molecular formula is C21H21F2N5O2. The third-order valence-corrected chi connectivity index (χ3v) is 5.35. The second-order valence-corrected chi connectivity index (χ2v) is 7.27. The van der Waals surface area contributed by atoms with E-state index >= 15 is 0 Å². The number of rotatable bonds is 5. The molecule has 1 N–H and O–H groups in total. The van der Waals surface area contributed by atoms with Gasteiger partial charge in [-0.3, -0.25) is 14.0 Å². The topological polar surface area (TPSA) is 79.6 Å². The van der Waals surface area contributed by atoms with Gasteiger partial charge in [0.1, 0.15) is 17.5 Å². The van der Waals surface area contributed by atoms with Crippen molar-refractivity contribution in [2.75, 3.05) is 19.6 Å². The number of carbonyl (C=O) groups excluding carboxylic acids is 2. The maximum Gasteiger partial charge on any atom is 0.254 e. The van der Waals surface area contributed by atoms with Gasteiger partial charge in [0.15, 0.2) is 5.65 Å². The highest BCUT2D eigenvalue weighted by molar-refractivity contribution is 5.94. The highest BCUT2D eigenvalue weighted by Gasteiger charge is 2.26. The van der Waals surface area contributed by atoms with Crippen LogP contribution in [0.1, 0.15) is 41.4 Å². The maximum atomic E-state index is 13.6. The van der Waals surface area contributed by atoms with Crippen LogP contribution in [0.5, 0.6) is 0 Å². The Morgan fingerprint density at radius 3 is 2.67 bits per heavy atom. The Balaban J connectivity index is 1.26. The van der Waals surface area contributed by atoms with Crippen molar-refractivity contribution in [2.45, 2.75) is 25.2 Å². The zero-order valence-corrected chi connectivity index (χ0v) is 16.2. The van der Waals surface area contributed by atoms with Gasteiger partial charge in [0, 0.05) is 44.2 Å². The minimum Gasteiger partial charge on any atom is -0.351 e. The van der Waals surface area contributed by atoms with Crippen molar-refractivity contribution >= 4 is 17.5 Å². The molecule has 1 aromatic carbocycles. The summed E-state index contributed by atoms with van der Waals surface area (Å²) in [5.74, 6) is -1.28. The molecule has 1 aliphatic heterocycles. The Labute approximate surface area is 171 Å². The number of pyridine rings is 1. The largest absolute Gasteiger partial charge is 0.351 e. The van der Waals surface area contributed by atoms with Gasteiger partial charge in [0.2, 0.25) is 5.91 Å². The predicted molar refractivity (Wildman–Crippen MR) is 105 cm³/mol. The Bertz CT molecular complexity index is 1080. The van der Waals surface area contributed by atoms with Crippen molar-refractivity contribution in [3.63, 3.8) is 0 Å². The molecule has 30 heavy (non-hydrogen) atoms. The number of nitrogens with one attached hydrogen (secondary N) is 1. The first-order valence-electron chi connectivity index (χ1n) is 9.83. The summed E-state index contributed by atoms with van der Waals surface area (Å²) in [4.78, 5) is 26.2. The second kappa shape index (κ2) is 8.56. The average molecular weight is 413 g/mol. The number of fused-ring (bicyclic) bond motifs is 1. The van der Waals surface area contributed by atoms with E-state index in [0.717, 1.165) is 36.4 Å². The molecule has 156 valence electrons.